The summed E-state index contributed by atoms with van der Waals surface area (Å²) in [5, 5.41) is 0. The maximum absolute atomic E-state index is 6.27. The minimum atomic E-state index is 0.242. The second-order valence-corrected chi connectivity index (χ2v) is 6.74. The number of hydrogen-bond donors (Lipinski definition) is 1. The molecular formula is C10H21NS. The van der Waals surface area contributed by atoms with Crippen molar-refractivity contribution < 1.29 is 0 Å². The smallest absolute Gasteiger partial charge is 0.0288 e. The van der Waals surface area contributed by atoms with E-state index in [0.717, 1.165) is 0 Å². The Hall–Kier alpha value is 0.310. The third-order valence-electron chi connectivity index (χ3n) is 2.84. The van der Waals surface area contributed by atoms with Crippen molar-refractivity contribution in [3.63, 3.8) is 0 Å². The molecule has 0 radical (unpaired) electrons. The van der Waals surface area contributed by atoms with Crippen molar-refractivity contribution in [2.45, 2.75) is 51.3 Å². The molecule has 2 heteroatoms. The van der Waals surface area contributed by atoms with E-state index >= 15 is 0 Å². The van der Waals surface area contributed by atoms with Crippen LogP contribution in [0.2, 0.25) is 0 Å². The third kappa shape index (κ3) is 1.97. The minimum Gasteiger partial charge on any atom is -0.326 e. The Labute approximate surface area is 80.5 Å². The van der Waals surface area contributed by atoms with Crippen LogP contribution in [-0.2, 0) is 0 Å². The molecule has 0 aromatic heterocycles. The van der Waals surface area contributed by atoms with Gasteiger partial charge in [0, 0.05) is 10.8 Å². The van der Waals surface area contributed by atoms with Crippen LogP contribution in [0.1, 0.15) is 40.5 Å². The van der Waals surface area contributed by atoms with Crippen LogP contribution in [0, 0.1) is 5.41 Å². The highest BCUT2D eigenvalue weighted by atomic mass is 32.2. The zero-order chi connectivity index (χ0) is 9.41. The number of thioether (sulfide) groups is 1. The van der Waals surface area contributed by atoms with Gasteiger partial charge in [-0.1, -0.05) is 20.8 Å². The largest absolute Gasteiger partial charge is 0.326 e. The summed E-state index contributed by atoms with van der Waals surface area (Å²) in [6, 6.07) is 0.317. The van der Waals surface area contributed by atoms with Crippen molar-refractivity contribution in [2.24, 2.45) is 11.1 Å². The average molecular weight is 187 g/mol. The Kier molecular flexibility index (Phi) is 2.79. The molecule has 72 valence electrons. The highest BCUT2D eigenvalue weighted by Crippen LogP contribution is 2.44. The van der Waals surface area contributed by atoms with Gasteiger partial charge in [-0.3, -0.25) is 0 Å². The highest BCUT2D eigenvalue weighted by Gasteiger charge is 2.41. The normalized spacial score (nSPS) is 33.8. The SMILES string of the molecule is CC(C)(C)C(N)C1(C)CCCS1. The maximum atomic E-state index is 6.27. The molecular weight excluding hydrogens is 166 g/mol. The van der Waals surface area contributed by atoms with Crippen LogP contribution < -0.4 is 5.73 Å². The molecule has 0 aliphatic carbocycles. The van der Waals surface area contributed by atoms with Gasteiger partial charge >= 0.3 is 0 Å². The number of hydrogen-bond acceptors (Lipinski definition) is 2. The lowest BCUT2D eigenvalue weighted by atomic mass is 9.78. The maximum Gasteiger partial charge on any atom is 0.0288 e. The molecule has 1 heterocycles. The average Bonchev–Trinajstić information content (AvgIpc) is 2.34. The lowest BCUT2D eigenvalue weighted by Crippen LogP contribution is -2.49. The van der Waals surface area contributed by atoms with Crippen LogP contribution in [0.15, 0.2) is 0 Å². The van der Waals surface area contributed by atoms with E-state index in [2.05, 4.69) is 39.5 Å². The molecule has 12 heavy (non-hydrogen) atoms. The van der Waals surface area contributed by atoms with E-state index in [1.165, 1.54) is 18.6 Å². The third-order valence-corrected chi connectivity index (χ3v) is 4.45. The lowest BCUT2D eigenvalue weighted by Gasteiger charge is -2.39. The Morgan fingerprint density at radius 1 is 1.42 bits per heavy atom. The first-order valence-corrected chi connectivity index (χ1v) is 5.74. The van der Waals surface area contributed by atoms with Crippen molar-refractivity contribution in [3.8, 4) is 0 Å². The predicted molar refractivity (Wildman–Crippen MR) is 57.5 cm³/mol. The summed E-state index contributed by atoms with van der Waals surface area (Å²) >= 11 is 2.05. The Bertz CT molecular complexity index is 154. The summed E-state index contributed by atoms with van der Waals surface area (Å²) in [5.41, 5.74) is 6.51. The Balaban J connectivity index is 2.68. The molecule has 1 rings (SSSR count). The summed E-state index contributed by atoms with van der Waals surface area (Å²) in [4.78, 5) is 0. The number of rotatable bonds is 1. The fourth-order valence-corrected chi connectivity index (χ4v) is 3.54. The molecule has 0 bridgehead atoms. The second-order valence-electron chi connectivity index (χ2n) is 5.11. The van der Waals surface area contributed by atoms with Gasteiger partial charge < -0.3 is 5.73 Å². The zero-order valence-electron chi connectivity index (χ0n) is 8.68. The summed E-state index contributed by atoms with van der Waals surface area (Å²) in [7, 11) is 0. The first-order valence-electron chi connectivity index (χ1n) is 4.76. The molecule has 1 aliphatic heterocycles. The quantitative estimate of drug-likeness (QED) is 0.683. The molecule has 0 spiro atoms. The van der Waals surface area contributed by atoms with Crippen molar-refractivity contribution in [3.05, 3.63) is 0 Å². The van der Waals surface area contributed by atoms with Crippen LogP contribution in [0.3, 0.4) is 0 Å². The van der Waals surface area contributed by atoms with E-state index in [9.17, 15) is 0 Å². The molecule has 2 atom stereocenters. The molecule has 1 fully saturated rings. The second kappa shape index (κ2) is 3.22. The van der Waals surface area contributed by atoms with E-state index in [1.807, 2.05) is 0 Å². The lowest BCUT2D eigenvalue weighted by molar-refractivity contribution is 0.266. The minimum absolute atomic E-state index is 0.242. The summed E-state index contributed by atoms with van der Waals surface area (Å²) in [6.07, 6.45) is 2.63. The van der Waals surface area contributed by atoms with E-state index in [1.54, 1.807) is 0 Å². The van der Waals surface area contributed by atoms with E-state index in [0.29, 0.717) is 10.8 Å². The predicted octanol–water partition coefficient (Wildman–Crippen LogP) is 2.65. The first-order chi connectivity index (χ1) is 5.36. The van der Waals surface area contributed by atoms with Crippen LogP contribution >= 0.6 is 11.8 Å². The van der Waals surface area contributed by atoms with E-state index in [4.69, 9.17) is 5.73 Å². The van der Waals surface area contributed by atoms with Crippen molar-refractivity contribution in [1.82, 2.24) is 0 Å². The topological polar surface area (TPSA) is 26.0 Å². The van der Waals surface area contributed by atoms with Crippen LogP contribution in [0.5, 0.6) is 0 Å². The fourth-order valence-electron chi connectivity index (χ4n) is 1.96. The summed E-state index contributed by atoms with van der Waals surface area (Å²) < 4.78 is 0.332. The summed E-state index contributed by atoms with van der Waals surface area (Å²) in [5.74, 6) is 1.29. The van der Waals surface area contributed by atoms with Crippen molar-refractivity contribution >= 4 is 11.8 Å². The molecule has 0 aromatic carbocycles. The first kappa shape index (κ1) is 10.4. The zero-order valence-corrected chi connectivity index (χ0v) is 9.50. The van der Waals surface area contributed by atoms with Gasteiger partial charge in [-0.2, -0.15) is 11.8 Å². The molecule has 1 nitrogen and oxygen atoms in total. The Morgan fingerprint density at radius 3 is 2.33 bits per heavy atom. The van der Waals surface area contributed by atoms with Crippen molar-refractivity contribution in [2.75, 3.05) is 5.75 Å². The highest BCUT2D eigenvalue weighted by molar-refractivity contribution is 8.00. The van der Waals surface area contributed by atoms with E-state index < -0.39 is 0 Å². The monoisotopic (exact) mass is 187 g/mol. The van der Waals surface area contributed by atoms with Gasteiger partial charge in [-0.25, -0.2) is 0 Å². The van der Waals surface area contributed by atoms with Gasteiger partial charge in [0.05, 0.1) is 0 Å². The van der Waals surface area contributed by atoms with Crippen molar-refractivity contribution in [1.29, 1.82) is 0 Å². The van der Waals surface area contributed by atoms with Gasteiger partial charge in [0.2, 0.25) is 0 Å². The molecule has 0 saturated carbocycles. The standard InChI is InChI=1S/C10H21NS/c1-9(2,3)8(11)10(4)6-5-7-12-10/h8H,5-7,11H2,1-4H3. The van der Waals surface area contributed by atoms with Crippen LogP contribution in [-0.4, -0.2) is 16.5 Å². The number of nitrogens with two attached hydrogens (primary N) is 1. The van der Waals surface area contributed by atoms with E-state index in [-0.39, 0.29) is 5.41 Å². The molecule has 1 saturated heterocycles. The van der Waals surface area contributed by atoms with Crippen LogP contribution in [0.4, 0.5) is 0 Å². The van der Waals surface area contributed by atoms with Gasteiger partial charge in [0.25, 0.3) is 0 Å². The molecule has 0 amide bonds. The van der Waals surface area contributed by atoms with Gasteiger partial charge in [-0.15, -0.1) is 0 Å². The summed E-state index contributed by atoms with van der Waals surface area (Å²) in [6.45, 7) is 9.03. The molecule has 1 aliphatic rings. The van der Waals surface area contributed by atoms with Gasteiger partial charge in [0.1, 0.15) is 0 Å². The van der Waals surface area contributed by atoms with Crippen LogP contribution in [0.25, 0.3) is 0 Å². The fraction of sp³-hybridized carbons (Fsp3) is 1.00. The molecule has 0 aromatic rings. The Morgan fingerprint density at radius 2 is 2.00 bits per heavy atom. The van der Waals surface area contributed by atoms with Gasteiger partial charge in [0.15, 0.2) is 0 Å². The molecule has 2 unspecified atom stereocenters. The molecule has 2 N–H and O–H groups in total. The van der Waals surface area contributed by atoms with Gasteiger partial charge in [-0.05, 0) is 30.9 Å².